The van der Waals surface area contributed by atoms with Crippen LogP contribution in [0.5, 0.6) is 0 Å². The van der Waals surface area contributed by atoms with Crippen LogP contribution in [0.4, 0.5) is 13.2 Å². The van der Waals surface area contributed by atoms with Crippen LogP contribution in [-0.2, 0) is 14.3 Å². The number of ether oxygens (including phenoxy) is 2. The van der Waals surface area contributed by atoms with Crippen molar-refractivity contribution in [3.05, 3.63) is 0 Å². The number of carbonyl (C=O) groups is 1. The molecule has 7 heteroatoms. The molecule has 1 aliphatic carbocycles. The van der Waals surface area contributed by atoms with Crippen molar-refractivity contribution in [2.45, 2.75) is 49.9 Å². The molecule has 0 aliphatic heterocycles. The monoisotopic (exact) mass is 269 g/mol. The van der Waals surface area contributed by atoms with Crippen LogP contribution in [0.15, 0.2) is 0 Å². The Morgan fingerprint density at radius 1 is 1.50 bits per heavy atom. The van der Waals surface area contributed by atoms with Gasteiger partial charge < -0.3 is 15.2 Å². The van der Waals surface area contributed by atoms with E-state index in [2.05, 4.69) is 4.74 Å². The molecule has 0 amide bonds. The van der Waals surface area contributed by atoms with E-state index in [0.29, 0.717) is 19.3 Å². The third-order valence-corrected chi connectivity index (χ3v) is 3.05. The van der Waals surface area contributed by atoms with Gasteiger partial charge in [0.25, 0.3) is 0 Å². The van der Waals surface area contributed by atoms with Crippen molar-refractivity contribution >= 4 is 5.97 Å². The van der Waals surface area contributed by atoms with Gasteiger partial charge in [0.15, 0.2) is 0 Å². The fourth-order valence-corrected chi connectivity index (χ4v) is 2.08. The Morgan fingerprint density at radius 3 is 2.72 bits per heavy atom. The lowest BCUT2D eigenvalue weighted by Gasteiger charge is -2.20. The molecule has 0 radical (unpaired) electrons. The van der Waals surface area contributed by atoms with Crippen molar-refractivity contribution in [1.82, 2.24) is 0 Å². The van der Waals surface area contributed by atoms with Crippen LogP contribution < -0.4 is 5.73 Å². The maximum absolute atomic E-state index is 11.9. The number of hydrogen-bond donors (Lipinski definition) is 1. The standard InChI is InChI=1S/C11H18F3NO3/c1-17-9(16)10(15)5-3-8(7-10)18-6-2-4-11(12,13)14/h8H,2-7,15H2,1H3. The minimum Gasteiger partial charge on any atom is -0.468 e. The van der Waals surface area contributed by atoms with Crippen LogP contribution in [0, 0.1) is 0 Å². The van der Waals surface area contributed by atoms with E-state index < -0.39 is 24.1 Å². The van der Waals surface area contributed by atoms with E-state index in [0.717, 1.165) is 0 Å². The fourth-order valence-electron chi connectivity index (χ4n) is 2.08. The minimum atomic E-state index is -4.15. The van der Waals surface area contributed by atoms with Crippen LogP contribution >= 0.6 is 0 Å². The third-order valence-electron chi connectivity index (χ3n) is 3.05. The van der Waals surface area contributed by atoms with Crippen LogP contribution in [0.1, 0.15) is 32.1 Å². The minimum absolute atomic E-state index is 0.0292. The highest BCUT2D eigenvalue weighted by Crippen LogP contribution is 2.31. The van der Waals surface area contributed by atoms with Crippen molar-refractivity contribution in [1.29, 1.82) is 0 Å². The van der Waals surface area contributed by atoms with E-state index in [1.165, 1.54) is 7.11 Å². The molecule has 2 unspecified atom stereocenters. The number of nitrogens with two attached hydrogens (primary N) is 1. The number of methoxy groups -OCH3 is 1. The lowest BCUT2D eigenvalue weighted by molar-refractivity contribution is -0.147. The van der Waals surface area contributed by atoms with Gasteiger partial charge in [0.1, 0.15) is 5.54 Å². The predicted octanol–water partition coefficient (Wildman–Crippen LogP) is 1.77. The van der Waals surface area contributed by atoms with Gasteiger partial charge in [-0.1, -0.05) is 0 Å². The number of halogens is 3. The molecule has 18 heavy (non-hydrogen) atoms. The lowest BCUT2D eigenvalue weighted by Crippen LogP contribution is -2.46. The number of hydrogen-bond acceptors (Lipinski definition) is 4. The van der Waals surface area contributed by atoms with E-state index in [-0.39, 0.29) is 19.1 Å². The lowest BCUT2D eigenvalue weighted by atomic mass is 10.00. The summed E-state index contributed by atoms with van der Waals surface area (Å²) in [5.41, 5.74) is 4.79. The summed E-state index contributed by atoms with van der Waals surface area (Å²) < 4.78 is 45.6. The van der Waals surface area contributed by atoms with Crippen molar-refractivity contribution in [3.63, 3.8) is 0 Å². The van der Waals surface area contributed by atoms with E-state index in [1.54, 1.807) is 0 Å². The number of carbonyl (C=O) groups excluding carboxylic acids is 1. The van der Waals surface area contributed by atoms with Gasteiger partial charge in [-0.2, -0.15) is 13.2 Å². The van der Waals surface area contributed by atoms with Gasteiger partial charge in [-0.25, -0.2) is 0 Å². The Hall–Kier alpha value is -0.820. The van der Waals surface area contributed by atoms with Gasteiger partial charge in [-0.05, 0) is 19.3 Å². The quantitative estimate of drug-likeness (QED) is 0.610. The zero-order valence-electron chi connectivity index (χ0n) is 10.3. The molecule has 1 saturated carbocycles. The first-order valence-corrected chi connectivity index (χ1v) is 5.82. The third kappa shape index (κ3) is 4.45. The Bertz CT molecular complexity index is 296. The Morgan fingerprint density at radius 2 is 2.17 bits per heavy atom. The highest BCUT2D eigenvalue weighted by molar-refractivity contribution is 5.80. The second kappa shape index (κ2) is 5.88. The summed E-state index contributed by atoms with van der Waals surface area (Å²) in [6.45, 7) is 0.0292. The smallest absolute Gasteiger partial charge is 0.389 e. The van der Waals surface area contributed by atoms with E-state index in [4.69, 9.17) is 10.5 Å². The summed E-state index contributed by atoms with van der Waals surface area (Å²) in [5.74, 6) is -0.496. The van der Waals surface area contributed by atoms with Gasteiger partial charge in [0.05, 0.1) is 13.2 Å². The number of esters is 1. The van der Waals surface area contributed by atoms with Crippen molar-refractivity contribution in [3.8, 4) is 0 Å². The van der Waals surface area contributed by atoms with Crippen molar-refractivity contribution in [2.24, 2.45) is 5.73 Å². The summed E-state index contributed by atoms with van der Waals surface area (Å²) in [4.78, 5) is 11.4. The molecule has 0 bridgehead atoms. The van der Waals surface area contributed by atoms with E-state index >= 15 is 0 Å². The summed E-state index contributed by atoms with van der Waals surface area (Å²) in [6, 6.07) is 0. The van der Waals surface area contributed by atoms with Crippen molar-refractivity contribution in [2.75, 3.05) is 13.7 Å². The normalized spacial score (nSPS) is 28.4. The molecular weight excluding hydrogens is 251 g/mol. The van der Waals surface area contributed by atoms with E-state index in [9.17, 15) is 18.0 Å². The molecule has 1 fully saturated rings. The molecule has 2 N–H and O–H groups in total. The average molecular weight is 269 g/mol. The van der Waals surface area contributed by atoms with Crippen LogP contribution in [0.3, 0.4) is 0 Å². The maximum Gasteiger partial charge on any atom is 0.389 e. The molecule has 0 spiro atoms. The van der Waals surface area contributed by atoms with Gasteiger partial charge in [0, 0.05) is 19.4 Å². The number of rotatable bonds is 5. The Balaban J connectivity index is 2.25. The Kier molecular flexibility index (Phi) is 4.98. The molecule has 0 aromatic carbocycles. The molecule has 0 aromatic heterocycles. The average Bonchev–Trinajstić information content (AvgIpc) is 2.66. The molecule has 106 valence electrons. The van der Waals surface area contributed by atoms with Crippen LogP contribution in [0.25, 0.3) is 0 Å². The molecular formula is C11H18F3NO3. The topological polar surface area (TPSA) is 61.5 Å². The SMILES string of the molecule is COC(=O)C1(N)CCC(OCCCC(F)(F)F)C1. The largest absolute Gasteiger partial charge is 0.468 e. The highest BCUT2D eigenvalue weighted by Gasteiger charge is 2.43. The molecule has 2 atom stereocenters. The molecule has 1 aliphatic rings. The fraction of sp³-hybridized carbons (Fsp3) is 0.909. The zero-order chi connectivity index (χ0) is 13.8. The molecule has 1 rings (SSSR count). The van der Waals surface area contributed by atoms with Gasteiger partial charge in [0.2, 0.25) is 0 Å². The summed E-state index contributed by atoms with van der Waals surface area (Å²) in [7, 11) is 1.26. The second-order valence-electron chi connectivity index (χ2n) is 4.60. The molecule has 0 saturated heterocycles. The maximum atomic E-state index is 11.9. The first-order valence-electron chi connectivity index (χ1n) is 5.82. The molecule has 0 heterocycles. The predicted molar refractivity (Wildman–Crippen MR) is 57.8 cm³/mol. The second-order valence-corrected chi connectivity index (χ2v) is 4.60. The summed E-state index contributed by atoms with van der Waals surface area (Å²) >= 11 is 0. The molecule has 4 nitrogen and oxygen atoms in total. The van der Waals surface area contributed by atoms with Gasteiger partial charge in [-0.15, -0.1) is 0 Å². The molecule has 0 aromatic rings. The zero-order valence-corrected chi connectivity index (χ0v) is 10.3. The highest BCUT2D eigenvalue weighted by atomic mass is 19.4. The Labute approximate surface area is 104 Å². The first kappa shape index (κ1) is 15.2. The van der Waals surface area contributed by atoms with Gasteiger partial charge >= 0.3 is 12.1 Å². The summed E-state index contributed by atoms with van der Waals surface area (Å²) in [6.07, 6.45) is -4.04. The van der Waals surface area contributed by atoms with Gasteiger partial charge in [-0.3, -0.25) is 4.79 Å². The van der Waals surface area contributed by atoms with Crippen molar-refractivity contribution < 1.29 is 27.4 Å². The van der Waals surface area contributed by atoms with Crippen LogP contribution in [0.2, 0.25) is 0 Å². The summed E-state index contributed by atoms with van der Waals surface area (Å²) in [5, 5.41) is 0. The first-order chi connectivity index (χ1) is 8.27. The van der Waals surface area contributed by atoms with Crippen LogP contribution in [-0.4, -0.2) is 37.5 Å². The van der Waals surface area contributed by atoms with E-state index in [1.807, 2.05) is 0 Å². The number of alkyl halides is 3.